The molecular formula is C15H10I2N2O3. The van der Waals surface area contributed by atoms with E-state index in [0.717, 1.165) is 0 Å². The number of amides is 1. The molecule has 0 unspecified atom stereocenters. The molecule has 0 atom stereocenters. The van der Waals surface area contributed by atoms with E-state index in [1.165, 1.54) is 12.3 Å². The van der Waals surface area contributed by atoms with Crippen LogP contribution in [0.15, 0.2) is 40.5 Å². The van der Waals surface area contributed by atoms with Gasteiger partial charge in [0.05, 0.1) is 19.9 Å². The van der Waals surface area contributed by atoms with Gasteiger partial charge < -0.3 is 14.8 Å². The zero-order valence-corrected chi connectivity index (χ0v) is 15.5. The van der Waals surface area contributed by atoms with Gasteiger partial charge in [0.25, 0.3) is 5.91 Å². The topological polar surface area (TPSA) is 86.3 Å². The van der Waals surface area contributed by atoms with Gasteiger partial charge in [-0.1, -0.05) is 0 Å². The summed E-state index contributed by atoms with van der Waals surface area (Å²) in [5.41, 5.74) is 0.667. The van der Waals surface area contributed by atoms with E-state index >= 15 is 0 Å². The molecule has 1 aromatic heterocycles. The number of nitrogens with zero attached hydrogens (tertiary/aromatic N) is 1. The molecule has 7 heteroatoms. The van der Waals surface area contributed by atoms with Crippen LogP contribution in [0.25, 0.3) is 6.08 Å². The highest BCUT2D eigenvalue weighted by atomic mass is 127. The van der Waals surface area contributed by atoms with Crippen LogP contribution < -0.4 is 5.32 Å². The van der Waals surface area contributed by atoms with Gasteiger partial charge in [0.15, 0.2) is 0 Å². The van der Waals surface area contributed by atoms with Crippen molar-refractivity contribution in [2.45, 2.75) is 6.54 Å². The van der Waals surface area contributed by atoms with Crippen LogP contribution in [0.3, 0.4) is 0 Å². The molecule has 0 radical (unpaired) electrons. The number of carbonyl (C=O) groups excluding carboxylic acids is 1. The summed E-state index contributed by atoms with van der Waals surface area (Å²) in [4.78, 5) is 12.0. The molecule has 0 spiro atoms. The van der Waals surface area contributed by atoms with Crippen LogP contribution in [0, 0.1) is 18.5 Å². The van der Waals surface area contributed by atoms with E-state index in [2.05, 4.69) is 5.32 Å². The fourth-order valence-electron chi connectivity index (χ4n) is 1.66. The number of furan rings is 1. The van der Waals surface area contributed by atoms with Gasteiger partial charge in [-0.05, 0) is 81.1 Å². The molecule has 22 heavy (non-hydrogen) atoms. The van der Waals surface area contributed by atoms with E-state index in [1.807, 2.05) is 51.3 Å². The third kappa shape index (κ3) is 4.23. The van der Waals surface area contributed by atoms with Crippen molar-refractivity contribution in [3.05, 3.63) is 54.6 Å². The van der Waals surface area contributed by atoms with Crippen molar-refractivity contribution >= 4 is 57.2 Å². The number of halogens is 2. The molecule has 0 aliphatic heterocycles. The van der Waals surface area contributed by atoms with E-state index < -0.39 is 5.91 Å². The summed E-state index contributed by atoms with van der Waals surface area (Å²) in [6.45, 7) is 0.218. The van der Waals surface area contributed by atoms with Crippen LogP contribution in [-0.4, -0.2) is 11.0 Å². The number of hydrogen-bond acceptors (Lipinski definition) is 4. The summed E-state index contributed by atoms with van der Waals surface area (Å²) < 4.78 is 6.43. The van der Waals surface area contributed by atoms with E-state index in [9.17, 15) is 9.90 Å². The maximum Gasteiger partial charge on any atom is 0.262 e. The Hall–Kier alpha value is -1.54. The maximum atomic E-state index is 12.0. The third-order valence-electron chi connectivity index (χ3n) is 2.72. The Kier molecular flexibility index (Phi) is 5.84. The first kappa shape index (κ1) is 16.8. The smallest absolute Gasteiger partial charge is 0.262 e. The number of nitrogens with one attached hydrogen (secondary N) is 1. The summed E-state index contributed by atoms with van der Waals surface area (Å²) in [5, 5.41) is 21.5. The van der Waals surface area contributed by atoms with Gasteiger partial charge in [-0.3, -0.25) is 4.79 Å². The molecule has 1 heterocycles. The highest BCUT2D eigenvalue weighted by molar-refractivity contribution is 14.1. The molecule has 2 aromatic rings. The van der Waals surface area contributed by atoms with Crippen LogP contribution in [0.1, 0.15) is 11.3 Å². The van der Waals surface area contributed by atoms with Crippen molar-refractivity contribution in [2.75, 3.05) is 0 Å². The zero-order chi connectivity index (χ0) is 16.1. The van der Waals surface area contributed by atoms with Gasteiger partial charge in [-0.25, -0.2) is 0 Å². The van der Waals surface area contributed by atoms with E-state index in [-0.39, 0.29) is 17.9 Å². The molecule has 0 aliphatic rings. The number of aromatic hydroxyl groups is 1. The average Bonchev–Trinajstić information content (AvgIpc) is 3.01. The van der Waals surface area contributed by atoms with Gasteiger partial charge in [0.2, 0.25) is 0 Å². The normalized spacial score (nSPS) is 11.0. The van der Waals surface area contributed by atoms with Gasteiger partial charge in [0, 0.05) is 0 Å². The fraction of sp³-hybridized carbons (Fsp3) is 0.0667. The SMILES string of the molecule is N#C/C(=C\c1cc(I)c(O)c(I)c1)C(=O)NCc1ccco1. The Morgan fingerprint density at radius 3 is 2.64 bits per heavy atom. The molecule has 0 saturated heterocycles. The fourth-order valence-corrected chi connectivity index (χ4v) is 3.48. The molecule has 2 rings (SSSR count). The van der Waals surface area contributed by atoms with Crippen molar-refractivity contribution < 1.29 is 14.3 Å². The second-order valence-electron chi connectivity index (χ2n) is 4.27. The molecule has 0 bridgehead atoms. The number of phenolic OH excluding ortho intramolecular Hbond substituents is 1. The minimum Gasteiger partial charge on any atom is -0.506 e. The van der Waals surface area contributed by atoms with Gasteiger partial charge in [-0.15, -0.1) is 0 Å². The lowest BCUT2D eigenvalue weighted by molar-refractivity contribution is -0.117. The van der Waals surface area contributed by atoms with Gasteiger partial charge in [0.1, 0.15) is 23.2 Å². The lowest BCUT2D eigenvalue weighted by Crippen LogP contribution is -2.23. The Balaban J connectivity index is 2.16. The summed E-state index contributed by atoms with van der Waals surface area (Å²) in [7, 11) is 0. The van der Waals surface area contributed by atoms with E-state index in [0.29, 0.717) is 18.5 Å². The number of benzene rings is 1. The first-order chi connectivity index (χ1) is 10.5. The molecule has 0 saturated carbocycles. The molecule has 0 fully saturated rings. The molecular weight excluding hydrogens is 510 g/mol. The highest BCUT2D eigenvalue weighted by Crippen LogP contribution is 2.28. The van der Waals surface area contributed by atoms with Crippen LogP contribution >= 0.6 is 45.2 Å². The molecule has 0 aliphatic carbocycles. The van der Waals surface area contributed by atoms with Crippen LogP contribution in [0.2, 0.25) is 0 Å². The molecule has 1 amide bonds. The number of nitriles is 1. The second-order valence-corrected chi connectivity index (χ2v) is 6.59. The minimum absolute atomic E-state index is 0.0103. The van der Waals surface area contributed by atoms with E-state index in [4.69, 9.17) is 9.68 Å². The monoisotopic (exact) mass is 520 g/mol. The molecule has 5 nitrogen and oxygen atoms in total. The summed E-state index contributed by atoms with van der Waals surface area (Å²) >= 11 is 3.99. The predicted molar refractivity (Wildman–Crippen MR) is 97.7 cm³/mol. The first-order valence-electron chi connectivity index (χ1n) is 6.11. The van der Waals surface area contributed by atoms with Crippen molar-refractivity contribution in [1.82, 2.24) is 5.32 Å². The minimum atomic E-state index is -0.475. The number of carbonyl (C=O) groups is 1. The predicted octanol–water partition coefficient (Wildman–Crippen LogP) is 3.42. The Morgan fingerprint density at radius 2 is 2.09 bits per heavy atom. The first-order valence-corrected chi connectivity index (χ1v) is 8.27. The van der Waals surface area contributed by atoms with Crippen LogP contribution in [0.5, 0.6) is 5.75 Å². The highest BCUT2D eigenvalue weighted by Gasteiger charge is 2.11. The number of hydrogen-bond donors (Lipinski definition) is 2. The summed E-state index contributed by atoms with van der Waals surface area (Å²) in [6.07, 6.45) is 3.00. The lowest BCUT2D eigenvalue weighted by Gasteiger charge is -2.04. The third-order valence-corrected chi connectivity index (χ3v) is 4.36. The standard InChI is InChI=1S/C15H10I2N2O3/c16-12-5-9(6-13(17)14(12)20)4-10(7-18)15(21)19-8-11-2-1-3-22-11/h1-6,20H,8H2,(H,19,21)/b10-4+. The van der Waals surface area contributed by atoms with Gasteiger partial charge in [-0.2, -0.15) is 5.26 Å². The molecule has 1 aromatic carbocycles. The Morgan fingerprint density at radius 1 is 1.41 bits per heavy atom. The summed E-state index contributed by atoms with van der Waals surface area (Å²) in [6, 6.07) is 8.75. The molecule has 112 valence electrons. The molecule has 2 N–H and O–H groups in total. The zero-order valence-electron chi connectivity index (χ0n) is 11.1. The van der Waals surface area contributed by atoms with E-state index in [1.54, 1.807) is 24.3 Å². The quantitative estimate of drug-likeness (QED) is 0.368. The largest absolute Gasteiger partial charge is 0.506 e. The van der Waals surface area contributed by atoms with Crippen molar-refractivity contribution in [1.29, 1.82) is 5.26 Å². The average molecular weight is 520 g/mol. The van der Waals surface area contributed by atoms with Crippen molar-refractivity contribution in [3.63, 3.8) is 0 Å². The number of phenols is 1. The summed E-state index contributed by atoms with van der Waals surface area (Å²) in [5.74, 6) is 0.329. The second kappa shape index (κ2) is 7.64. The number of rotatable bonds is 4. The Labute approximate surface area is 154 Å². The van der Waals surface area contributed by atoms with Gasteiger partial charge >= 0.3 is 0 Å². The van der Waals surface area contributed by atoms with Crippen LogP contribution in [0.4, 0.5) is 0 Å². The Bertz CT molecular complexity index is 739. The van der Waals surface area contributed by atoms with Crippen LogP contribution in [-0.2, 0) is 11.3 Å². The lowest BCUT2D eigenvalue weighted by atomic mass is 10.1. The van der Waals surface area contributed by atoms with Crippen molar-refractivity contribution in [3.8, 4) is 11.8 Å². The van der Waals surface area contributed by atoms with Crippen molar-refractivity contribution in [2.24, 2.45) is 0 Å². The maximum absolute atomic E-state index is 12.0.